The summed E-state index contributed by atoms with van der Waals surface area (Å²) in [6.45, 7) is 4.27. The van der Waals surface area contributed by atoms with Crippen molar-refractivity contribution in [2.45, 2.75) is 18.5 Å². The summed E-state index contributed by atoms with van der Waals surface area (Å²) in [7, 11) is 8.20. The zero-order valence-corrected chi connectivity index (χ0v) is 10.5. The van der Waals surface area contributed by atoms with E-state index in [1.54, 1.807) is 7.11 Å². The van der Waals surface area contributed by atoms with Gasteiger partial charge in [0.05, 0.1) is 6.61 Å². The van der Waals surface area contributed by atoms with E-state index in [2.05, 4.69) is 29.2 Å². The molecule has 1 heterocycles. The highest BCUT2D eigenvalue weighted by atomic mass is 16.5. The number of methoxy groups -OCH3 is 1. The maximum atomic E-state index is 5.26. The number of nitrogens with zero attached hydrogens (tertiary/aromatic N) is 2. The van der Waals surface area contributed by atoms with Crippen LogP contribution in [0.3, 0.4) is 0 Å². The van der Waals surface area contributed by atoms with Gasteiger partial charge in [0.2, 0.25) is 0 Å². The third-order valence-corrected chi connectivity index (χ3v) is 3.30. The molecule has 2 atom stereocenters. The molecule has 1 fully saturated rings. The summed E-state index contributed by atoms with van der Waals surface area (Å²) < 4.78 is 5.26. The Labute approximate surface area is 93.6 Å². The first-order valence-electron chi connectivity index (χ1n) is 5.74. The number of hydrogen-bond donors (Lipinski definition) is 1. The maximum Gasteiger partial charge on any atom is 0.0631 e. The van der Waals surface area contributed by atoms with Crippen LogP contribution in [0.15, 0.2) is 0 Å². The molecule has 0 bridgehead atoms. The Morgan fingerprint density at radius 2 is 2.13 bits per heavy atom. The molecular weight excluding hydrogens is 190 g/mol. The first kappa shape index (κ1) is 12.9. The molecule has 0 aromatic rings. The fourth-order valence-electron chi connectivity index (χ4n) is 2.31. The summed E-state index contributed by atoms with van der Waals surface area (Å²) in [5, 5.41) is 3.36. The van der Waals surface area contributed by atoms with Crippen LogP contribution in [-0.2, 0) is 4.74 Å². The van der Waals surface area contributed by atoms with Gasteiger partial charge in [-0.25, -0.2) is 0 Å². The Bertz CT molecular complexity index is 177. The van der Waals surface area contributed by atoms with Crippen molar-refractivity contribution in [1.82, 2.24) is 15.1 Å². The molecule has 1 rings (SSSR count). The van der Waals surface area contributed by atoms with Crippen molar-refractivity contribution in [2.75, 3.05) is 54.5 Å². The highest BCUT2D eigenvalue weighted by Crippen LogP contribution is 2.10. The van der Waals surface area contributed by atoms with E-state index in [-0.39, 0.29) is 0 Å². The van der Waals surface area contributed by atoms with Crippen LogP contribution in [0.25, 0.3) is 0 Å². The standard InChI is InChI=1S/C11H25N3O/c1-12-10(9-15-4)11-8-13(2)6-5-7-14(11)3/h10-12H,5-9H2,1-4H3. The van der Waals surface area contributed by atoms with Gasteiger partial charge in [-0.2, -0.15) is 0 Å². The van der Waals surface area contributed by atoms with E-state index in [9.17, 15) is 0 Å². The average molecular weight is 215 g/mol. The molecule has 1 saturated heterocycles. The molecule has 1 aliphatic rings. The van der Waals surface area contributed by atoms with Crippen LogP contribution in [0.5, 0.6) is 0 Å². The highest BCUT2D eigenvalue weighted by molar-refractivity contribution is 4.86. The Morgan fingerprint density at radius 1 is 1.40 bits per heavy atom. The zero-order valence-electron chi connectivity index (χ0n) is 10.5. The molecule has 0 aliphatic carbocycles. The Kier molecular flexibility index (Phi) is 5.53. The third kappa shape index (κ3) is 3.72. The van der Waals surface area contributed by atoms with Gasteiger partial charge in [-0.05, 0) is 40.7 Å². The lowest BCUT2D eigenvalue weighted by atomic mass is 10.1. The van der Waals surface area contributed by atoms with Gasteiger partial charge in [-0.1, -0.05) is 0 Å². The largest absolute Gasteiger partial charge is 0.383 e. The second-order valence-corrected chi connectivity index (χ2v) is 4.51. The highest BCUT2D eigenvalue weighted by Gasteiger charge is 2.27. The molecule has 2 unspecified atom stereocenters. The van der Waals surface area contributed by atoms with Gasteiger partial charge in [-0.3, -0.25) is 0 Å². The normalized spacial score (nSPS) is 27.6. The summed E-state index contributed by atoms with van der Waals surface area (Å²) in [5.74, 6) is 0. The van der Waals surface area contributed by atoms with E-state index in [0.29, 0.717) is 12.1 Å². The lowest BCUT2D eigenvalue weighted by Crippen LogP contribution is -2.53. The van der Waals surface area contributed by atoms with E-state index < -0.39 is 0 Å². The minimum Gasteiger partial charge on any atom is -0.383 e. The van der Waals surface area contributed by atoms with Crippen LogP contribution in [0, 0.1) is 0 Å². The molecule has 4 heteroatoms. The smallest absolute Gasteiger partial charge is 0.0631 e. The topological polar surface area (TPSA) is 27.7 Å². The molecule has 0 spiro atoms. The summed E-state index contributed by atoms with van der Waals surface area (Å²) in [6.07, 6.45) is 1.26. The average Bonchev–Trinajstić information content (AvgIpc) is 2.37. The van der Waals surface area contributed by atoms with E-state index in [0.717, 1.165) is 13.2 Å². The van der Waals surface area contributed by atoms with E-state index in [1.165, 1.54) is 19.5 Å². The predicted molar refractivity (Wildman–Crippen MR) is 63.3 cm³/mol. The van der Waals surface area contributed by atoms with E-state index in [4.69, 9.17) is 4.74 Å². The molecule has 0 aromatic heterocycles. The fourth-order valence-corrected chi connectivity index (χ4v) is 2.31. The van der Waals surface area contributed by atoms with Crippen molar-refractivity contribution in [3.8, 4) is 0 Å². The second-order valence-electron chi connectivity index (χ2n) is 4.51. The van der Waals surface area contributed by atoms with Crippen molar-refractivity contribution in [3.63, 3.8) is 0 Å². The SMILES string of the molecule is CNC(COC)C1CN(C)CCCN1C. The van der Waals surface area contributed by atoms with Crippen LogP contribution in [0.4, 0.5) is 0 Å². The van der Waals surface area contributed by atoms with Crippen LogP contribution < -0.4 is 5.32 Å². The van der Waals surface area contributed by atoms with Crippen LogP contribution in [0.2, 0.25) is 0 Å². The Morgan fingerprint density at radius 3 is 2.73 bits per heavy atom. The zero-order chi connectivity index (χ0) is 11.3. The van der Waals surface area contributed by atoms with E-state index >= 15 is 0 Å². The second kappa shape index (κ2) is 6.43. The molecule has 0 aromatic carbocycles. The first-order valence-corrected chi connectivity index (χ1v) is 5.74. The van der Waals surface area contributed by atoms with Crippen molar-refractivity contribution in [1.29, 1.82) is 0 Å². The van der Waals surface area contributed by atoms with Gasteiger partial charge in [-0.15, -0.1) is 0 Å². The van der Waals surface area contributed by atoms with Gasteiger partial charge >= 0.3 is 0 Å². The summed E-state index contributed by atoms with van der Waals surface area (Å²) >= 11 is 0. The molecular formula is C11H25N3O. The fraction of sp³-hybridized carbons (Fsp3) is 1.00. The molecule has 4 nitrogen and oxygen atoms in total. The monoisotopic (exact) mass is 215 g/mol. The molecule has 1 aliphatic heterocycles. The van der Waals surface area contributed by atoms with Crippen LogP contribution in [-0.4, -0.2) is 76.4 Å². The minimum atomic E-state index is 0.417. The molecule has 15 heavy (non-hydrogen) atoms. The molecule has 90 valence electrons. The van der Waals surface area contributed by atoms with Crippen molar-refractivity contribution >= 4 is 0 Å². The summed E-state index contributed by atoms with van der Waals surface area (Å²) in [5.41, 5.74) is 0. The molecule has 0 saturated carbocycles. The Hall–Kier alpha value is -0.160. The lowest BCUT2D eigenvalue weighted by molar-refractivity contribution is 0.105. The maximum absolute atomic E-state index is 5.26. The van der Waals surface area contributed by atoms with Gasteiger partial charge in [0, 0.05) is 25.7 Å². The van der Waals surface area contributed by atoms with Gasteiger partial charge in [0.25, 0.3) is 0 Å². The van der Waals surface area contributed by atoms with Crippen molar-refractivity contribution < 1.29 is 4.74 Å². The summed E-state index contributed by atoms with van der Waals surface area (Å²) in [4.78, 5) is 4.86. The predicted octanol–water partition coefficient (Wildman–Crippen LogP) is -0.143. The summed E-state index contributed by atoms with van der Waals surface area (Å²) in [6, 6.07) is 0.961. The van der Waals surface area contributed by atoms with Crippen molar-refractivity contribution in [3.05, 3.63) is 0 Å². The van der Waals surface area contributed by atoms with Gasteiger partial charge in [0.15, 0.2) is 0 Å². The number of rotatable bonds is 4. The Balaban J connectivity index is 2.60. The number of hydrogen-bond acceptors (Lipinski definition) is 4. The number of nitrogens with one attached hydrogen (secondary N) is 1. The van der Waals surface area contributed by atoms with Crippen LogP contribution >= 0.6 is 0 Å². The van der Waals surface area contributed by atoms with Crippen molar-refractivity contribution in [2.24, 2.45) is 0 Å². The van der Waals surface area contributed by atoms with E-state index in [1.807, 2.05) is 7.05 Å². The van der Waals surface area contributed by atoms with Gasteiger partial charge < -0.3 is 19.9 Å². The van der Waals surface area contributed by atoms with Gasteiger partial charge in [0.1, 0.15) is 0 Å². The molecule has 1 N–H and O–H groups in total. The molecule has 0 radical (unpaired) electrons. The minimum absolute atomic E-state index is 0.417. The number of likely N-dealkylation sites (N-methyl/N-ethyl adjacent to an activating group) is 3. The lowest BCUT2D eigenvalue weighted by Gasteiger charge is -2.34. The molecule has 0 amide bonds. The first-order chi connectivity index (χ1) is 7.19. The third-order valence-electron chi connectivity index (χ3n) is 3.30. The number of ether oxygens (including phenoxy) is 1. The van der Waals surface area contributed by atoms with Crippen LogP contribution in [0.1, 0.15) is 6.42 Å². The quantitative estimate of drug-likeness (QED) is 0.706.